The van der Waals surface area contributed by atoms with Crippen molar-refractivity contribution in [3.8, 4) is 5.75 Å². The SMILES string of the molecule is COc1ccccc1CCc1cccc(NC(N)=O)n1. The van der Waals surface area contributed by atoms with Gasteiger partial charge in [-0.1, -0.05) is 24.3 Å². The molecule has 0 atom stereocenters. The minimum absolute atomic E-state index is 0.468. The molecule has 0 radical (unpaired) electrons. The molecule has 5 heteroatoms. The number of carbonyl (C=O) groups excluding carboxylic acids is 1. The summed E-state index contributed by atoms with van der Waals surface area (Å²) >= 11 is 0. The molecule has 104 valence electrons. The standard InChI is InChI=1S/C15H17N3O2/c1-20-13-7-3-2-5-11(13)9-10-12-6-4-8-14(17-12)18-15(16)19/h2-8H,9-10H2,1H3,(H3,16,17,18,19). The Morgan fingerprint density at radius 3 is 2.75 bits per heavy atom. The molecule has 0 saturated heterocycles. The molecule has 0 aliphatic rings. The van der Waals surface area contributed by atoms with Crippen molar-refractivity contribution in [3.05, 3.63) is 53.7 Å². The van der Waals surface area contributed by atoms with Crippen LogP contribution < -0.4 is 15.8 Å². The minimum Gasteiger partial charge on any atom is -0.496 e. The molecular formula is C15H17N3O2. The Hall–Kier alpha value is -2.56. The Morgan fingerprint density at radius 1 is 1.20 bits per heavy atom. The predicted molar refractivity (Wildman–Crippen MR) is 77.8 cm³/mol. The Morgan fingerprint density at radius 2 is 2.00 bits per heavy atom. The van der Waals surface area contributed by atoms with Gasteiger partial charge in [0.15, 0.2) is 0 Å². The Balaban J connectivity index is 2.05. The molecule has 5 nitrogen and oxygen atoms in total. The molecule has 3 N–H and O–H groups in total. The van der Waals surface area contributed by atoms with E-state index < -0.39 is 6.03 Å². The fourth-order valence-corrected chi connectivity index (χ4v) is 1.99. The van der Waals surface area contributed by atoms with Gasteiger partial charge in [0.25, 0.3) is 0 Å². The number of carbonyl (C=O) groups is 1. The monoisotopic (exact) mass is 271 g/mol. The number of anilines is 1. The number of urea groups is 1. The average molecular weight is 271 g/mol. The number of primary amides is 1. The highest BCUT2D eigenvalue weighted by molar-refractivity contribution is 5.86. The predicted octanol–water partition coefficient (Wildman–Crippen LogP) is 2.37. The van der Waals surface area contributed by atoms with E-state index in [1.165, 1.54) is 0 Å². The summed E-state index contributed by atoms with van der Waals surface area (Å²) in [4.78, 5) is 15.1. The Kier molecular flexibility index (Phi) is 4.55. The fourth-order valence-electron chi connectivity index (χ4n) is 1.99. The largest absolute Gasteiger partial charge is 0.496 e. The summed E-state index contributed by atoms with van der Waals surface area (Å²) in [5, 5.41) is 2.47. The fraction of sp³-hybridized carbons (Fsp3) is 0.200. The molecule has 1 heterocycles. The third kappa shape index (κ3) is 3.71. The van der Waals surface area contributed by atoms with Crippen molar-refractivity contribution in [3.63, 3.8) is 0 Å². The number of para-hydroxylation sites is 1. The Bertz CT molecular complexity index is 599. The zero-order valence-electron chi connectivity index (χ0n) is 11.3. The molecule has 0 unspecified atom stereocenters. The summed E-state index contributed by atoms with van der Waals surface area (Å²) in [6.45, 7) is 0. The van der Waals surface area contributed by atoms with E-state index in [9.17, 15) is 4.79 Å². The zero-order chi connectivity index (χ0) is 14.4. The molecule has 2 rings (SSSR count). The lowest BCUT2D eigenvalue weighted by molar-refractivity contribution is 0.259. The number of hydrogen-bond acceptors (Lipinski definition) is 3. The molecule has 0 saturated carbocycles. The van der Waals surface area contributed by atoms with Crippen LogP contribution in [0.15, 0.2) is 42.5 Å². The van der Waals surface area contributed by atoms with Crippen LogP contribution in [0.2, 0.25) is 0 Å². The highest BCUT2D eigenvalue weighted by atomic mass is 16.5. The van der Waals surface area contributed by atoms with Crippen molar-refractivity contribution in [2.45, 2.75) is 12.8 Å². The molecule has 1 aromatic heterocycles. The maximum absolute atomic E-state index is 10.8. The molecular weight excluding hydrogens is 254 g/mol. The van der Waals surface area contributed by atoms with Gasteiger partial charge in [-0.3, -0.25) is 5.32 Å². The summed E-state index contributed by atoms with van der Waals surface area (Å²) in [6, 6.07) is 12.8. The lowest BCUT2D eigenvalue weighted by Gasteiger charge is -2.08. The quantitative estimate of drug-likeness (QED) is 0.876. The highest BCUT2D eigenvalue weighted by Crippen LogP contribution is 2.19. The summed E-state index contributed by atoms with van der Waals surface area (Å²) in [6.07, 6.45) is 1.58. The van der Waals surface area contributed by atoms with Crippen molar-refractivity contribution < 1.29 is 9.53 Å². The smallest absolute Gasteiger partial charge is 0.317 e. The van der Waals surface area contributed by atoms with Crippen molar-refractivity contribution in [1.29, 1.82) is 0 Å². The molecule has 0 bridgehead atoms. The van der Waals surface area contributed by atoms with Gasteiger partial charge in [-0.05, 0) is 36.6 Å². The zero-order valence-corrected chi connectivity index (χ0v) is 11.3. The first kappa shape index (κ1) is 13.9. The van der Waals surface area contributed by atoms with Crippen LogP contribution in [0.3, 0.4) is 0 Å². The molecule has 0 fully saturated rings. The lowest BCUT2D eigenvalue weighted by Crippen LogP contribution is -2.20. The molecule has 0 aliphatic carbocycles. The first-order chi connectivity index (χ1) is 9.69. The van der Waals surface area contributed by atoms with Crippen molar-refractivity contribution in [2.24, 2.45) is 5.73 Å². The van der Waals surface area contributed by atoms with E-state index in [4.69, 9.17) is 10.5 Å². The van der Waals surface area contributed by atoms with E-state index in [1.54, 1.807) is 13.2 Å². The highest BCUT2D eigenvalue weighted by Gasteiger charge is 2.04. The lowest BCUT2D eigenvalue weighted by atomic mass is 10.1. The van der Waals surface area contributed by atoms with Crippen LogP contribution in [0.25, 0.3) is 0 Å². The van der Waals surface area contributed by atoms with E-state index >= 15 is 0 Å². The van der Waals surface area contributed by atoms with Crippen LogP contribution in [-0.4, -0.2) is 18.1 Å². The van der Waals surface area contributed by atoms with E-state index in [1.807, 2.05) is 36.4 Å². The number of ether oxygens (including phenoxy) is 1. The number of nitrogens with one attached hydrogen (secondary N) is 1. The van der Waals surface area contributed by atoms with E-state index in [0.717, 1.165) is 29.8 Å². The van der Waals surface area contributed by atoms with Crippen molar-refractivity contribution >= 4 is 11.8 Å². The molecule has 0 spiro atoms. The summed E-state index contributed by atoms with van der Waals surface area (Å²) in [5.41, 5.74) is 7.09. The van der Waals surface area contributed by atoms with E-state index in [-0.39, 0.29) is 0 Å². The van der Waals surface area contributed by atoms with E-state index in [0.29, 0.717) is 5.82 Å². The maximum Gasteiger partial charge on any atom is 0.317 e. The van der Waals surface area contributed by atoms with Gasteiger partial charge >= 0.3 is 6.03 Å². The van der Waals surface area contributed by atoms with Gasteiger partial charge in [0.05, 0.1) is 7.11 Å². The maximum atomic E-state index is 10.8. The first-order valence-corrected chi connectivity index (χ1v) is 6.33. The molecule has 2 amide bonds. The van der Waals surface area contributed by atoms with Crippen LogP contribution in [0.1, 0.15) is 11.3 Å². The number of methoxy groups -OCH3 is 1. The normalized spacial score (nSPS) is 10.1. The van der Waals surface area contributed by atoms with Crippen molar-refractivity contribution in [2.75, 3.05) is 12.4 Å². The van der Waals surface area contributed by atoms with Gasteiger partial charge < -0.3 is 10.5 Å². The van der Waals surface area contributed by atoms with Gasteiger partial charge in [-0.25, -0.2) is 9.78 Å². The Labute approximate surface area is 117 Å². The van der Waals surface area contributed by atoms with Gasteiger partial charge in [0.2, 0.25) is 0 Å². The first-order valence-electron chi connectivity index (χ1n) is 6.33. The molecule has 20 heavy (non-hydrogen) atoms. The number of amides is 2. The van der Waals surface area contributed by atoms with Crippen LogP contribution in [0.5, 0.6) is 5.75 Å². The number of pyridine rings is 1. The number of aryl methyl sites for hydroxylation is 2. The van der Waals surface area contributed by atoms with Crippen molar-refractivity contribution in [1.82, 2.24) is 4.98 Å². The van der Waals surface area contributed by atoms with Gasteiger partial charge in [0, 0.05) is 5.69 Å². The summed E-state index contributed by atoms with van der Waals surface area (Å²) in [7, 11) is 1.66. The minimum atomic E-state index is -0.612. The topological polar surface area (TPSA) is 77.2 Å². The summed E-state index contributed by atoms with van der Waals surface area (Å²) in [5.74, 6) is 1.34. The second kappa shape index (κ2) is 6.56. The number of aromatic nitrogens is 1. The number of benzene rings is 1. The average Bonchev–Trinajstić information content (AvgIpc) is 2.45. The van der Waals surface area contributed by atoms with Crippen LogP contribution in [-0.2, 0) is 12.8 Å². The molecule has 1 aromatic carbocycles. The summed E-state index contributed by atoms with van der Waals surface area (Å²) < 4.78 is 5.32. The van der Waals surface area contributed by atoms with Gasteiger partial charge in [-0.15, -0.1) is 0 Å². The number of hydrogen-bond donors (Lipinski definition) is 2. The van der Waals surface area contributed by atoms with Crippen LogP contribution in [0.4, 0.5) is 10.6 Å². The number of nitrogens with zero attached hydrogens (tertiary/aromatic N) is 1. The van der Waals surface area contributed by atoms with Gasteiger partial charge in [0.1, 0.15) is 11.6 Å². The van der Waals surface area contributed by atoms with Crippen LogP contribution >= 0.6 is 0 Å². The number of nitrogens with two attached hydrogens (primary N) is 1. The molecule has 2 aromatic rings. The second-order valence-corrected chi connectivity index (χ2v) is 4.32. The second-order valence-electron chi connectivity index (χ2n) is 4.32. The molecule has 0 aliphatic heterocycles. The van der Waals surface area contributed by atoms with E-state index in [2.05, 4.69) is 10.3 Å². The third-order valence-corrected chi connectivity index (χ3v) is 2.90. The third-order valence-electron chi connectivity index (χ3n) is 2.90. The van der Waals surface area contributed by atoms with Crippen LogP contribution in [0, 0.1) is 0 Å². The van der Waals surface area contributed by atoms with Gasteiger partial charge in [-0.2, -0.15) is 0 Å². The number of rotatable bonds is 5.